The number of unbranched alkanes of at least 4 members (excludes halogenated alkanes) is 2. The largest absolute Gasteiger partial charge is 0.311 e. The van der Waals surface area contributed by atoms with Crippen LogP contribution in [0.5, 0.6) is 0 Å². The molecule has 0 unspecified atom stereocenters. The van der Waals surface area contributed by atoms with Gasteiger partial charge in [0, 0.05) is 24.2 Å². The van der Waals surface area contributed by atoms with E-state index >= 15 is 0 Å². The molecule has 180 valence electrons. The Bertz CT molecular complexity index is 1190. The van der Waals surface area contributed by atoms with Gasteiger partial charge in [-0.15, -0.1) is 10.2 Å². The van der Waals surface area contributed by atoms with Crippen molar-refractivity contribution in [2.45, 2.75) is 71.8 Å². The third-order valence-electron chi connectivity index (χ3n) is 5.86. The predicted octanol–water partition coefficient (Wildman–Crippen LogP) is 5.23. The Kier molecular flexibility index (Phi) is 7.14. The minimum absolute atomic E-state index is 0.227. The van der Waals surface area contributed by atoms with Gasteiger partial charge in [-0.3, -0.25) is 0 Å². The van der Waals surface area contributed by atoms with Crippen LogP contribution in [0.15, 0.2) is 36.4 Å². The quantitative estimate of drug-likeness (QED) is 0.326. The Balaban J connectivity index is 1.59. The van der Waals surface area contributed by atoms with E-state index in [9.17, 15) is 8.78 Å². The third kappa shape index (κ3) is 5.05. The van der Waals surface area contributed by atoms with Gasteiger partial charge in [0.1, 0.15) is 5.82 Å². The first-order chi connectivity index (χ1) is 16.4. The van der Waals surface area contributed by atoms with Crippen LogP contribution >= 0.6 is 0 Å². The molecule has 1 aromatic carbocycles. The number of aromatic amines is 1. The lowest BCUT2D eigenvalue weighted by Gasteiger charge is -2.12. The number of hydrogen-bond acceptors (Lipinski definition) is 5. The van der Waals surface area contributed by atoms with Gasteiger partial charge in [-0.1, -0.05) is 38.8 Å². The molecule has 0 atom stereocenters. The maximum atomic E-state index is 14.6. The summed E-state index contributed by atoms with van der Waals surface area (Å²) in [7, 11) is 0. The molecule has 0 bridgehead atoms. The Morgan fingerprint density at radius 2 is 1.76 bits per heavy atom. The van der Waals surface area contributed by atoms with Crippen molar-refractivity contribution in [1.29, 1.82) is 0 Å². The van der Waals surface area contributed by atoms with E-state index in [1.807, 2.05) is 50.2 Å². The highest BCUT2D eigenvalue weighted by Gasteiger charge is 2.36. The zero-order valence-electron chi connectivity index (χ0n) is 19.8. The van der Waals surface area contributed by atoms with Crippen LogP contribution in [-0.2, 0) is 18.9 Å². The number of halogens is 2. The zero-order valence-corrected chi connectivity index (χ0v) is 19.8. The molecule has 0 aliphatic carbocycles. The highest BCUT2D eigenvalue weighted by atomic mass is 19.3. The van der Waals surface area contributed by atoms with Crippen molar-refractivity contribution < 1.29 is 8.78 Å². The van der Waals surface area contributed by atoms with Gasteiger partial charge in [0.05, 0.1) is 12.2 Å². The van der Waals surface area contributed by atoms with Crippen molar-refractivity contribution in [3.63, 3.8) is 0 Å². The van der Waals surface area contributed by atoms with Crippen LogP contribution < -0.4 is 0 Å². The van der Waals surface area contributed by atoms with Crippen molar-refractivity contribution >= 4 is 0 Å². The Morgan fingerprint density at radius 3 is 2.44 bits per heavy atom. The summed E-state index contributed by atoms with van der Waals surface area (Å²) in [6, 6.07) is 11.9. The van der Waals surface area contributed by atoms with Gasteiger partial charge in [-0.25, -0.2) is 14.8 Å². The lowest BCUT2D eigenvalue weighted by atomic mass is 10.1. The maximum absolute atomic E-state index is 14.6. The number of hydrogen-bond donors (Lipinski definition) is 1. The minimum Gasteiger partial charge on any atom is -0.311 e. The van der Waals surface area contributed by atoms with Crippen LogP contribution in [0.3, 0.4) is 0 Å². The van der Waals surface area contributed by atoms with Gasteiger partial charge in [0.15, 0.2) is 5.82 Å². The average Bonchev–Trinajstić information content (AvgIpc) is 3.57. The number of aryl methyl sites for hydroxylation is 2. The fourth-order valence-corrected chi connectivity index (χ4v) is 3.94. The molecule has 34 heavy (non-hydrogen) atoms. The van der Waals surface area contributed by atoms with E-state index in [0.29, 0.717) is 37.5 Å². The summed E-state index contributed by atoms with van der Waals surface area (Å²) in [5.74, 6) is -2.18. The van der Waals surface area contributed by atoms with E-state index in [0.717, 1.165) is 35.5 Å². The van der Waals surface area contributed by atoms with Crippen molar-refractivity contribution in [3.05, 3.63) is 59.3 Å². The highest BCUT2D eigenvalue weighted by molar-refractivity contribution is 5.56. The molecule has 10 heteroatoms. The van der Waals surface area contributed by atoms with Crippen LogP contribution in [0.4, 0.5) is 8.78 Å². The molecule has 0 saturated carbocycles. The molecule has 1 N–H and O–H groups in total. The van der Waals surface area contributed by atoms with E-state index in [2.05, 4.69) is 42.2 Å². The van der Waals surface area contributed by atoms with Gasteiger partial charge in [-0.05, 0) is 60.0 Å². The standard InChI is InChI=1S/C24H30F2N8/c1-4-6-8-21-27-23(24(25,26)15-7-5-2)30-33(21)16-18-10-12-19(13-11-18)34-17(3)9-14-20(34)22-28-31-32-29-22/h9-14H,4-8,15-16H2,1-3H3,(H,28,29,31,32). The van der Waals surface area contributed by atoms with Crippen LogP contribution in [-0.4, -0.2) is 40.0 Å². The number of nitrogens with one attached hydrogen (secondary N) is 1. The Labute approximate surface area is 197 Å². The number of tetrazole rings is 1. The van der Waals surface area contributed by atoms with Gasteiger partial charge >= 0.3 is 5.92 Å². The van der Waals surface area contributed by atoms with E-state index in [-0.39, 0.29) is 12.2 Å². The number of aromatic nitrogens is 8. The van der Waals surface area contributed by atoms with Crippen molar-refractivity contribution in [2.75, 3.05) is 0 Å². The number of alkyl halides is 2. The summed E-state index contributed by atoms with van der Waals surface area (Å²) in [5.41, 5.74) is 3.81. The lowest BCUT2D eigenvalue weighted by molar-refractivity contribution is -0.0245. The van der Waals surface area contributed by atoms with Crippen LogP contribution in [0.25, 0.3) is 17.2 Å². The summed E-state index contributed by atoms with van der Waals surface area (Å²) < 4.78 is 33.0. The molecule has 8 nitrogen and oxygen atoms in total. The maximum Gasteiger partial charge on any atom is 0.308 e. The van der Waals surface area contributed by atoms with Crippen LogP contribution in [0, 0.1) is 6.92 Å². The lowest BCUT2D eigenvalue weighted by Crippen LogP contribution is -2.16. The molecular weight excluding hydrogens is 438 g/mol. The van der Waals surface area contributed by atoms with Gasteiger partial charge < -0.3 is 4.57 Å². The first kappa shape index (κ1) is 23.7. The van der Waals surface area contributed by atoms with Crippen LogP contribution in [0.1, 0.15) is 68.9 Å². The molecule has 0 fully saturated rings. The number of benzene rings is 1. The molecule has 0 aliphatic heterocycles. The van der Waals surface area contributed by atoms with E-state index in [1.54, 1.807) is 4.68 Å². The summed E-state index contributed by atoms with van der Waals surface area (Å²) in [4.78, 5) is 4.25. The van der Waals surface area contributed by atoms with E-state index in [1.165, 1.54) is 0 Å². The number of H-pyrrole nitrogens is 1. The molecule has 0 amide bonds. The predicted molar refractivity (Wildman–Crippen MR) is 125 cm³/mol. The Hall–Kier alpha value is -3.43. The highest BCUT2D eigenvalue weighted by Crippen LogP contribution is 2.31. The number of nitrogens with zero attached hydrogens (tertiary/aromatic N) is 7. The topological polar surface area (TPSA) is 90.1 Å². The normalized spacial score (nSPS) is 11.9. The molecule has 3 heterocycles. The van der Waals surface area contributed by atoms with Gasteiger partial charge in [0.2, 0.25) is 5.82 Å². The first-order valence-corrected chi connectivity index (χ1v) is 11.8. The second kappa shape index (κ2) is 10.2. The molecule has 3 aromatic heterocycles. The summed E-state index contributed by atoms with van der Waals surface area (Å²) in [6.07, 6.45) is 3.39. The number of rotatable bonds is 11. The fraction of sp³-hybridized carbons (Fsp3) is 0.458. The fourth-order valence-electron chi connectivity index (χ4n) is 3.94. The van der Waals surface area contributed by atoms with Crippen molar-refractivity contribution in [3.8, 4) is 17.2 Å². The average molecular weight is 469 g/mol. The van der Waals surface area contributed by atoms with Gasteiger partial charge in [-0.2, -0.15) is 8.78 Å². The van der Waals surface area contributed by atoms with Crippen molar-refractivity contribution in [2.24, 2.45) is 0 Å². The first-order valence-electron chi connectivity index (χ1n) is 11.8. The monoisotopic (exact) mass is 468 g/mol. The molecule has 4 rings (SSSR count). The molecule has 0 spiro atoms. The second-order valence-corrected chi connectivity index (χ2v) is 8.53. The molecule has 0 saturated heterocycles. The molecule has 0 radical (unpaired) electrons. The van der Waals surface area contributed by atoms with Gasteiger partial charge in [0.25, 0.3) is 0 Å². The third-order valence-corrected chi connectivity index (χ3v) is 5.86. The molecular formula is C24H30F2N8. The van der Waals surface area contributed by atoms with Crippen LogP contribution in [0.2, 0.25) is 0 Å². The molecule has 4 aromatic rings. The minimum atomic E-state index is -3.01. The van der Waals surface area contributed by atoms with Crippen molar-refractivity contribution in [1.82, 2.24) is 40.0 Å². The van der Waals surface area contributed by atoms with E-state index in [4.69, 9.17) is 0 Å². The summed E-state index contributed by atoms with van der Waals surface area (Å²) >= 11 is 0. The van der Waals surface area contributed by atoms with E-state index < -0.39 is 5.92 Å². The summed E-state index contributed by atoms with van der Waals surface area (Å²) in [6.45, 7) is 6.37. The smallest absolute Gasteiger partial charge is 0.308 e. The Morgan fingerprint density at radius 1 is 1.00 bits per heavy atom. The molecule has 0 aliphatic rings. The SMILES string of the molecule is CCCCc1nc(C(F)(F)CCCC)nn1Cc1ccc(-n2c(C)ccc2-c2nnn[nH]2)cc1. The second-order valence-electron chi connectivity index (χ2n) is 8.53. The summed E-state index contributed by atoms with van der Waals surface area (Å²) in [5, 5.41) is 18.4. The zero-order chi connectivity index (χ0) is 24.1.